The van der Waals surface area contributed by atoms with Crippen LogP contribution in [0.5, 0.6) is 0 Å². The van der Waals surface area contributed by atoms with Crippen LogP contribution in [-0.2, 0) is 23.7 Å². The Labute approximate surface area is 215 Å². The molecule has 36 heavy (non-hydrogen) atoms. The molecule has 0 aliphatic heterocycles. The standard InChI is InChI=1S/C30H44O6/c1-8-29(35,17-20-13-9-11-15-22(20)27(2,3)4)26(34)30(36,25(33)24(32)19-31)18-21-14-10-12-16-23(21)28(5,6)7/h8-16,24-26,31-36H,1,17-19H2,2-7H3/t24-,25+,26+,29?,30+/m0/s1. The Kier molecular flexibility index (Phi) is 9.33. The fourth-order valence-electron chi connectivity index (χ4n) is 4.93. The van der Waals surface area contributed by atoms with Gasteiger partial charge in [0.1, 0.15) is 29.5 Å². The van der Waals surface area contributed by atoms with Gasteiger partial charge in [0.25, 0.3) is 0 Å². The Balaban J connectivity index is 2.63. The van der Waals surface area contributed by atoms with Crippen LogP contribution >= 0.6 is 0 Å². The summed E-state index contributed by atoms with van der Waals surface area (Å²) in [7, 11) is 0. The van der Waals surface area contributed by atoms with Gasteiger partial charge in [-0.25, -0.2) is 0 Å². The number of hydrogen-bond acceptors (Lipinski definition) is 6. The molecule has 6 N–H and O–H groups in total. The normalized spacial score (nSPS) is 18.6. The van der Waals surface area contributed by atoms with Crippen molar-refractivity contribution < 1.29 is 30.6 Å². The van der Waals surface area contributed by atoms with Gasteiger partial charge >= 0.3 is 0 Å². The van der Waals surface area contributed by atoms with Gasteiger partial charge in [0.2, 0.25) is 0 Å². The van der Waals surface area contributed by atoms with Gasteiger partial charge in [-0.15, -0.1) is 6.58 Å². The van der Waals surface area contributed by atoms with E-state index in [1.54, 1.807) is 12.1 Å². The van der Waals surface area contributed by atoms with E-state index >= 15 is 0 Å². The van der Waals surface area contributed by atoms with Crippen LogP contribution in [0.25, 0.3) is 0 Å². The van der Waals surface area contributed by atoms with Crippen molar-refractivity contribution in [3.63, 3.8) is 0 Å². The molecule has 0 amide bonds. The molecule has 0 aromatic heterocycles. The van der Waals surface area contributed by atoms with Crippen LogP contribution < -0.4 is 0 Å². The largest absolute Gasteiger partial charge is 0.394 e. The molecule has 0 spiro atoms. The summed E-state index contributed by atoms with van der Waals surface area (Å²) in [5.74, 6) is 0. The second kappa shape index (κ2) is 11.1. The smallest absolute Gasteiger partial charge is 0.126 e. The SMILES string of the molecule is C=CC(O)(Cc1ccccc1C(C)(C)C)[C@@H](O)[C@@](O)(Cc1ccccc1C(C)(C)C)[C@H](O)[C@@H](O)CO. The lowest BCUT2D eigenvalue weighted by Gasteiger charge is -2.45. The third kappa shape index (κ3) is 6.43. The van der Waals surface area contributed by atoms with Crippen LogP contribution in [0.15, 0.2) is 61.2 Å². The molecule has 0 saturated heterocycles. The molecule has 200 valence electrons. The van der Waals surface area contributed by atoms with Crippen LogP contribution in [0.3, 0.4) is 0 Å². The predicted octanol–water partition coefficient (Wildman–Crippen LogP) is 2.79. The van der Waals surface area contributed by atoms with E-state index in [1.807, 2.05) is 77.9 Å². The van der Waals surface area contributed by atoms with Crippen LogP contribution in [0.1, 0.15) is 63.8 Å². The summed E-state index contributed by atoms with van der Waals surface area (Å²) >= 11 is 0. The predicted molar refractivity (Wildman–Crippen MR) is 143 cm³/mol. The maximum absolute atomic E-state index is 11.9. The maximum Gasteiger partial charge on any atom is 0.126 e. The molecule has 1 unspecified atom stereocenters. The average Bonchev–Trinajstić information content (AvgIpc) is 2.81. The fraction of sp³-hybridized carbons (Fsp3) is 0.533. The number of hydrogen-bond donors (Lipinski definition) is 6. The lowest BCUT2D eigenvalue weighted by molar-refractivity contribution is -0.218. The molecule has 2 rings (SSSR count). The van der Waals surface area contributed by atoms with E-state index in [4.69, 9.17) is 0 Å². The molecule has 6 heteroatoms. The lowest BCUT2D eigenvalue weighted by atomic mass is 9.70. The van der Waals surface area contributed by atoms with Gasteiger partial charge in [-0.3, -0.25) is 0 Å². The fourth-order valence-corrected chi connectivity index (χ4v) is 4.93. The second-order valence-corrected chi connectivity index (χ2v) is 12.0. The van der Waals surface area contributed by atoms with Crippen LogP contribution in [-0.4, -0.2) is 66.8 Å². The average molecular weight is 501 g/mol. The summed E-state index contributed by atoms with van der Waals surface area (Å²) in [5, 5.41) is 66.0. The molecule has 0 fully saturated rings. The van der Waals surface area contributed by atoms with Gasteiger partial charge in [0, 0.05) is 12.8 Å². The molecule has 0 radical (unpaired) electrons. The van der Waals surface area contributed by atoms with E-state index in [2.05, 4.69) is 6.58 Å². The minimum absolute atomic E-state index is 0.0870. The number of benzene rings is 2. The zero-order chi connectivity index (χ0) is 27.5. The van der Waals surface area contributed by atoms with E-state index in [9.17, 15) is 30.6 Å². The Hall–Kier alpha value is -2.06. The van der Waals surface area contributed by atoms with Crippen LogP contribution in [0.4, 0.5) is 0 Å². The number of aliphatic hydroxyl groups is 6. The van der Waals surface area contributed by atoms with E-state index in [1.165, 1.54) is 0 Å². The first-order valence-electron chi connectivity index (χ1n) is 12.4. The van der Waals surface area contributed by atoms with Crippen molar-refractivity contribution in [2.45, 2.75) is 94.7 Å². The molecule has 2 aromatic rings. The van der Waals surface area contributed by atoms with Crippen molar-refractivity contribution in [3.05, 3.63) is 83.4 Å². The topological polar surface area (TPSA) is 121 Å². The highest BCUT2D eigenvalue weighted by molar-refractivity contribution is 5.37. The van der Waals surface area contributed by atoms with Crippen LogP contribution in [0.2, 0.25) is 0 Å². The maximum atomic E-state index is 11.9. The molecule has 6 nitrogen and oxygen atoms in total. The van der Waals surface area contributed by atoms with Gasteiger partial charge in [-0.05, 0) is 33.1 Å². The third-order valence-electron chi connectivity index (χ3n) is 6.96. The highest BCUT2D eigenvalue weighted by atomic mass is 16.4. The van der Waals surface area contributed by atoms with Crippen molar-refractivity contribution in [2.75, 3.05) is 6.61 Å². The highest BCUT2D eigenvalue weighted by Gasteiger charge is 2.54. The summed E-state index contributed by atoms with van der Waals surface area (Å²) in [6.07, 6.45) is -4.87. The molecule has 0 saturated carbocycles. The number of rotatable bonds is 10. The van der Waals surface area contributed by atoms with E-state index < -0.39 is 36.1 Å². The minimum Gasteiger partial charge on any atom is -0.394 e. The first-order valence-corrected chi connectivity index (χ1v) is 12.4. The van der Waals surface area contributed by atoms with Gasteiger partial charge < -0.3 is 30.6 Å². The Morgan fingerprint density at radius 2 is 1.17 bits per heavy atom. The molecule has 5 atom stereocenters. The molecule has 0 aliphatic carbocycles. The van der Waals surface area contributed by atoms with Gasteiger partial charge in [0.15, 0.2) is 0 Å². The first-order chi connectivity index (χ1) is 16.5. The van der Waals surface area contributed by atoms with Gasteiger partial charge in [-0.2, -0.15) is 0 Å². The molecule has 0 heterocycles. The zero-order valence-electron chi connectivity index (χ0n) is 22.4. The Bertz CT molecular complexity index is 1020. The van der Waals surface area contributed by atoms with E-state index in [0.29, 0.717) is 5.56 Å². The summed E-state index contributed by atoms with van der Waals surface area (Å²) in [6, 6.07) is 14.8. The van der Waals surface area contributed by atoms with Gasteiger partial charge in [0.05, 0.1) is 6.61 Å². The van der Waals surface area contributed by atoms with E-state index in [0.717, 1.165) is 22.8 Å². The van der Waals surface area contributed by atoms with Crippen molar-refractivity contribution in [1.82, 2.24) is 0 Å². The summed E-state index contributed by atoms with van der Waals surface area (Å²) in [6.45, 7) is 15.0. The molecular formula is C30H44O6. The Morgan fingerprint density at radius 3 is 1.56 bits per heavy atom. The first kappa shape index (κ1) is 30.2. The molecule has 2 aromatic carbocycles. The van der Waals surface area contributed by atoms with Crippen molar-refractivity contribution >= 4 is 0 Å². The van der Waals surface area contributed by atoms with E-state index in [-0.39, 0.29) is 23.7 Å². The summed E-state index contributed by atoms with van der Waals surface area (Å²) < 4.78 is 0. The van der Waals surface area contributed by atoms with Crippen LogP contribution in [0, 0.1) is 0 Å². The van der Waals surface area contributed by atoms with Gasteiger partial charge in [-0.1, -0.05) is 96.1 Å². The molecular weight excluding hydrogens is 456 g/mol. The quantitative estimate of drug-likeness (QED) is 0.279. The second-order valence-electron chi connectivity index (χ2n) is 12.0. The summed E-state index contributed by atoms with van der Waals surface area (Å²) in [4.78, 5) is 0. The Morgan fingerprint density at radius 1 is 0.750 bits per heavy atom. The van der Waals surface area contributed by atoms with Crippen molar-refractivity contribution in [2.24, 2.45) is 0 Å². The molecule has 0 aliphatic rings. The summed E-state index contributed by atoms with van der Waals surface area (Å²) in [5.41, 5.74) is -1.84. The lowest BCUT2D eigenvalue weighted by Crippen LogP contribution is -2.66. The van der Waals surface area contributed by atoms with Crippen molar-refractivity contribution in [3.8, 4) is 0 Å². The number of aliphatic hydroxyl groups excluding tert-OH is 4. The third-order valence-corrected chi connectivity index (χ3v) is 6.96. The molecule has 0 bridgehead atoms. The van der Waals surface area contributed by atoms with Crippen molar-refractivity contribution in [1.29, 1.82) is 0 Å². The monoisotopic (exact) mass is 500 g/mol. The minimum atomic E-state index is -2.43. The zero-order valence-corrected chi connectivity index (χ0v) is 22.4. The highest BCUT2D eigenvalue weighted by Crippen LogP contribution is 2.37.